The molecule has 0 aliphatic heterocycles. The summed E-state index contributed by atoms with van der Waals surface area (Å²) in [5, 5.41) is 18.3. The van der Waals surface area contributed by atoms with Gasteiger partial charge in [0, 0.05) is 6.07 Å². The van der Waals surface area contributed by atoms with E-state index in [1.54, 1.807) is 16.8 Å². The Labute approximate surface area is 189 Å². The molecule has 0 saturated carbocycles. The summed E-state index contributed by atoms with van der Waals surface area (Å²) in [5.74, 6) is -0.930. The Morgan fingerprint density at radius 1 is 1.03 bits per heavy atom. The van der Waals surface area contributed by atoms with Crippen LogP contribution in [-0.2, 0) is 0 Å². The van der Waals surface area contributed by atoms with Crippen molar-refractivity contribution >= 4 is 39.1 Å². The molecule has 5 rings (SSSR count). The van der Waals surface area contributed by atoms with E-state index in [1.807, 2.05) is 30.3 Å². The maximum absolute atomic E-state index is 14.5. The van der Waals surface area contributed by atoms with Crippen molar-refractivity contribution in [3.8, 4) is 17.1 Å². The highest BCUT2D eigenvalue weighted by molar-refractivity contribution is 7.17. The quantitative estimate of drug-likeness (QED) is 0.296. The first-order chi connectivity index (χ1) is 16.0. The summed E-state index contributed by atoms with van der Waals surface area (Å²) in [4.78, 5) is 32.2. The number of benzene rings is 2. The van der Waals surface area contributed by atoms with E-state index in [1.165, 1.54) is 30.5 Å². The van der Waals surface area contributed by atoms with Crippen molar-refractivity contribution in [3.05, 3.63) is 93.7 Å². The van der Waals surface area contributed by atoms with Crippen LogP contribution >= 0.6 is 11.3 Å². The van der Waals surface area contributed by atoms with Crippen molar-refractivity contribution in [2.75, 3.05) is 5.32 Å². The van der Waals surface area contributed by atoms with Crippen LogP contribution in [0.4, 0.5) is 15.2 Å². The number of para-hydroxylation sites is 1. The minimum Gasteiger partial charge on any atom is -0.305 e. The SMILES string of the molecule is O=C(Nc1nc(-c2ccccc2F)nc2c1cnn2-c1ccccc1)c1ccc([N+](=O)[O-])s1. The molecule has 0 atom stereocenters. The number of amides is 1. The highest BCUT2D eigenvalue weighted by Crippen LogP contribution is 2.29. The van der Waals surface area contributed by atoms with Gasteiger partial charge in [0.25, 0.3) is 5.91 Å². The first-order valence-electron chi connectivity index (χ1n) is 9.63. The summed E-state index contributed by atoms with van der Waals surface area (Å²) in [6.07, 6.45) is 1.50. The van der Waals surface area contributed by atoms with E-state index in [4.69, 9.17) is 0 Å². The molecule has 0 spiro atoms. The van der Waals surface area contributed by atoms with E-state index < -0.39 is 16.6 Å². The lowest BCUT2D eigenvalue weighted by Gasteiger charge is -2.09. The summed E-state index contributed by atoms with van der Waals surface area (Å²) >= 11 is 0.743. The normalized spacial score (nSPS) is 10.9. The molecule has 5 aromatic rings. The number of nitro groups is 1. The fourth-order valence-electron chi connectivity index (χ4n) is 3.24. The Balaban J connectivity index is 1.65. The molecule has 0 bridgehead atoms. The van der Waals surface area contributed by atoms with Crippen molar-refractivity contribution in [1.82, 2.24) is 19.7 Å². The molecule has 0 fully saturated rings. The largest absolute Gasteiger partial charge is 0.324 e. The Kier molecular flexibility index (Phi) is 5.07. The van der Waals surface area contributed by atoms with Gasteiger partial charge < -0.3 is 5.32 Å². The zero-order valence-electron chi connectivity index (χ0n) is 16.7. The number of halogens is 1. The van der Waals surface area contributed by atoms with Crippen LogP contribution in [0, 0.1) is 15.9 Å². The number of carbonyl (C=O) groups excluding carboxylic acids is 1. The monoisotopic (exact) mass is 460 g/mol. The Morgan fingerprint density at radius 3 is 2.52 bits per heavy atom. The van der Waals surface area contributed by atoms with Crippen LogP contribution in [0.15, 0.2) is 72.9 Å². The van der Waals surface area contributed by atoms with Crippen LogP contribution in [-0.4, -0.2) is 30.6 Å². The summed E-state index contributed by atoms with van der Waals surface area (Å²) in [6.45, 7) is 0. The van der Waals surface area contributed by atoms with E-state index in [9.17, 15) is 19.3 Å². The van der Waals surface area contributed by atoms with Gasteiger partial charge in [-0.05, 0) is 30.3 Å². The Bertz CT molecular complexity index is 1520. The second-order valence-corrected chi connectivity index (χ2v) is 7.92. The van der Waals surface area contributed by atoms with Gasteiger partial charge in [0.2, 0.25) is 0 Å². The molecule has 0 aliphatic carbocycles. The van der Waals surface area contributed by atoms with E-state index in [0.29, 0.717) is 11.0 Å². The number of carbonyl (C=O) groups is 1. The number of nitrogens with one attached hydrogen (secondary N) is 1. The van der Waals surface area contributed by atoms with Crippen molar-refractivity contribution in [3.63, 3.8) is 0 Å². The Hall–Kier alpha value is -4.51. The second-order valence-electron chi connectivity index (χ2n) is 6.85. The smallest absolute Gasteiger partial charge is 0.305 e. The molecule has 0 saturated heterocycles. The summed E-state index contributed by atoms with van der Waals surface area (Å²) in [5.41, 5.74) is 1.24. The van der Waals surface area contributed by atoms with E-state index >= 15 is 0 Å². The molecular formula is C22H13FN6O3S. The second kappa shape index (κ2) is 8.20. The lowest BCUT2D eigenvalue weighted by Crippen LogP contribution is -2.13. The van der Waals surface area contributed by atoms with Crippen LogP contribution in [0.25, 0.3) is 28.1 Å². The molecule has 1 amide bonds. The van der Waals surface area contributed by atoms with Crippen molar-refractivity contribution in [1.29, 1.82) is 0 Å². The minimum absolute atomic E-state index is 0.0609. The number of thiophene rings is 1. The molecule has 0 unspecified atom stereocenters. The molecule has 9 nitrogen and oxygen atoms in total. The number of aromatic nitrogens is 4. The van der Waals surface area contributed by atoms with Gasteiger partial charge in [-0.15, -0.1) is 0 Å². The van der Waals surface area contributed by atoms with E-state index in [0.717, 1.165) is 17.0 Å². The first kappa shape index (κ1) is 20.4. The topological polar surface area (TPSA) is 116 Å². The third-order valence-electron chi connectivity index (χ3n) is 4.77. The number of rotatable bonds is 5. The highest BCUT2D eigenvalue weighted by Gasteiger charge is 2.21. The Morgan fingerprint density at radius 2 is 1.79 bits per heavy atom. The van der Waals surface area contributed by atoms with Gasteiger partial charge in [-0.1, -0.05) is 41.7 Å². The molecule has 0 radical (unpaired) electrons. The summed E-state index contributed by atoms with van der Waals surface area (Å²) in [6, 6.07) is 17.9. The predicted octanol–water partition coefficient (Wildman–Crippen LogP) is 4.84. The molecule has 3 aromatic heterocycles. The number of nitrogens with zero attached hydrogens (tertiary/aromatic N) is 5. The summed E-state index contributed by atoms with van der Waals surface area (Å²) < 4.78 is 16.1. The maximum Gasteiger partial charge on any atom is 0.324 e. The molecular weight excluding hydrogens is 447 g/mol. The third kappa shape index (κ3) is 3.81. The van der Waals surface area contributed by atoms with Crippen LogP contribution < -0.4 is 5.32 Å². The van der Waals surface area contributed by atoms with Crippen molar-refractivity contribution < 1.29 is 14.1 Å². The average molecular weight is 460 g/mol. The molecule has 162 valence electrons. The third-order valence-corrected chi connectivity index (χ3v) is 5.81. The zero-order valence-corrected chi connectivity index (χ0v) is 17.5. The molecule has 2 aromatic carbocycles. The fraction of sp³-hybridized carbons (Fsp3) is 0. The molecule has 0 aliphatic rings. The van der Waals surface area contributed by atoms with Gasteiger partial charge in [0.15, 0.2) is 11.5 Å². The molecule has 33 heavy (non-hydrogen) atoms. The van der Waals surface area contributed by atoms with Gasteiger partial charge in [-0.25, -0.2) is 19.0 Å². The first-order valence-corrected chi connectivity index (χ1v) is 10.4. The van der Waals surface area contributed by atoms with Gasteiger partial charge in [0.05, 0.1) is 32.6 Å². The zero-order chi connectivity index (χ0) is 22.9. The van der Waals surface area contributed by atoms with Crippen molar-refractivity contribution in [2.45, 2.75) is 0 Å². The number of fused-ring (bicyclic) bond motifs is 1. The fourth-order valence-corrected chi connectivity index (χ4v) is 3.96. The van der Waals surface area contributed by atoms with Gasteiger partial charge >= 0.3 is 5.00 Å². The standard InChI is InChI=1S/C22H13FN6O3S/c23-16-9-5-4-8-14(16)19-25-20(27-22(30)17-10-11-18(33-17)29(31)32)15-12-24-28(21(15)26-19)13-6-2-1-3-7-13/h1-12H,(H,25,26,27,30). The van der Waals surface area contributed by atoms with Crippen LogP contribution in [0.2, 0.25) is 0 Å². The molecule has 1 N–H and O–H groups in total. The predicted molar refractivity (Wildman–Crippen MR) is 121 cm³/mol. The summed E-state index contributed by atoms with van der Waals surface area (Å²) in [7, 11) is 0. The minimum atomic E-state index is -0.583. The van der Waals surface area contributed by atoms with Gasteiger partial charge in [-0.2, -0.15) is 5.10 Å². The van der Waals surface area contributed by atoms with Crippen LogP contribution in [0.5, 0.6) is 0 Å². The van der Waals surface area contributed by atoms with E-state index in [-0.39, 0.29) is 27.1 Å². The lowest BCUT2D eigenvalue weighted by molar-refractivity contribution is -0.380. The van der Waals surface area contributed by atoms with Crippen LogP contribution in [0.3, 0.4) is 0 Å². The lowest BCUT2D eigenvalue weighted by atomic mass is 10.2. The van der Waals surface area contributed by atoms with Crippen molar-refractivity contribution in [2.24, 2.45) is 0 Å². The van der Waals surface area contributed by atoms with Crippen LogP contribution in [0.1, 0.15) is 9.67 Å². The van der Waals surface area contributed by atoms with Gasteiger partial charge in [-0.3, -0.25) is 14.9 Å². The number of hydrogen-bond donors (Lipinski definition) is 1. The molecule has 3 heterocycles. The maximum atomic E-state index is 14.5. The number of hydrogen-bond acceptors (Lipinski definition) is 7. The molecule has 11 heteroatoms. The number of anilines is 1. The van der Waals surface area contributed by atoms with Gasteiger partial charge in [0.1, 0.15) is 11.6 Å². The highest BCUT2D eigenvalue weighted by atomic mass is 32.1. The van der Waals surface area contributed by atoms with E-state index in [2.05, 4.69) is 20.4 Å². The average Bonchev–Trinajstić information content (AvgIpc) is 3.48.